The third-order valence-corrected chi connectivity index (χ3v) is 10.6. The molecule has 6 nitrogen and oxygen atoms in total. The van der Waals surface area contributed by atoms with Crippen LogP contribution in [0.25, 0.3) is 0 Å². The fourth-order valence-electron chi connectivity index (χ4n) is 6.83. The molecule has 3 N–H and O–H groups in total. The predicted molar refractivity (Wildman–Crippen MR) is 241 cm³/mol. The number of aliphatic hydroxyl groups excluding tert-OH is 2. The Morgan fingerprint density at radius 2 is 0.893 bits per heavy atom. The number of unbranched alkanes of at least 4 members (excludes halogenated alkanes) is 26. The minimum Gasteiger partial charge on any atom is -0.466 e. The molecule has 0 saturated carbocycles. The number of rotatable bonds is 43. The number of carbonyl (C=O) groups is 2. The highest BCUT2D eigenvalue weighted by atomic mass is 16.5. The molecule has 0 fully saturated rings. The molecule has 2 atom stereocenters. The lowest BCUT2D eigenvalue weighted by molar-refractivity contribution is -0.143. The first kappa shape index (κ1) is 53.8. The number of nitrogens with one attached hydrogen (secondary N) is 1. The van der Waals surface area contributed by atoms with Crippen LogP contribution in [0.5, 0.6) is 0 Å². The van der Waals surface area contributed by atoms with Gasteiger partial charge in [0.25, 0.3) is 0 Å². The van der Waals surface area contributed by atoms with Gasteiger partial charge in [-0.25, -0.2) is 0 Å². The van der Waals surface area contributed by atoms with Crippen molar-refractivity contribution in [3.8, 4) is 0 Å². The molecular weight excluding hydrogens is 695 g/mol. The molecule has 0 aliphatic rings. The van der Waals surface area contributed by atoms with Gasteiger partial charge < -0.3 is 20.3 Å². The highest BCUT2D eigenvalue weighted by molar-refractivity contribution is 5.76. The summed E-state index contributed by atoms with van der Waals surface area (Å²) < 4.78 is 5.43. The normalized spacial score (nSPS) is 13.1. The highest BCUT2D eigenvalue weighted by Gasteiger charge is 2.18. The van der Waals surface area contributed by atoms with Gasteiger partial charge in [0, 0.05) is 12.8 Å². The zero-order valence-corrected chi connectivity index (χ0v) is 36.8. The molecule has 0 radical (unpaired) electrons. The van der Waals surface area contributed by atoms with Gasteiger partial charge in [0.05, 0.1) is 25.4 Å². The van der Waals surface area contributed by atoms with Crippen molar-refractivity contribution in [1.82, 2.24) is 5.32 Å². The molecule has 0 rings (SSSR count). The quantitative estimate of drug-likeness (QED) is 0.0325. The molecule has 0 saturated heterocycles. The van der Waals surface area contributed by atoms with E-state index in [-0.39, 0.29) is 18.5 Å². The van der Waals surface area contributed by atoms with Gasteiger partial charge in [-0.05, 0) is 96.3 Å². The van der Waals surface area contributed by atoms with Gasteiger partial charge in [0.2, 0.25) is 5.91 Å². The van der Waals surface area contributed by atoms with Crippen molar-refractivity contribution in [3.05, 3.63) is 48.6 Å². The summed E-state index contributed by atoms with van der Waals surface area (Å²) in [5.74, 6) is -0.116. The van der Waals surface area contributed by atoms with Crippen LogP contribution in [0.3, 0.4) is 0 Å². The maximum absolute atomic E-state index is 12.3. The molecule has 6 heteroatoms. The Hall–Kier alpha value is -2.18. The van der Waals surface area contributed by atoms with Crippen molar-refractivity contribution in [2.75, 3.05) is 13.2 Å². The van der Waals surface area contributed by atoms with Gasteiger partial charge >= 0.3 is 5.97 Å². The van der Waals surface area contributed by atoms with E-state index in [1.54, 1.807) is 6.08 Å². The number of aliphatic hydroxyl groups is 2. The van der Waals surface area contributed by atoms with Gasteiger partial charge in [-0.2, -0.15) is 0 Å². The van der Waals surface area contributed by atoms with Gasteiger partial charge in [-0.3, -0.25) is 9.59 Å². The average molecular weight is 786 g/mol. The summed E-state index contributed by atoms with van der Waals surface area (Å²) in [5.41, 5.74) is 0. The van der Waals surface area contributed by atoms with E-state index in [0.717, 1.165) is 83.5 Å². The van der Waals surface area contributed by atoms with E-state index >= 15 is 0 Å². The van der Waals surface area contributed by atoms with Crippen LogP contribution >= 0.6 is 0 Å². The Bertz CT molecular complexity index is 957. The number of hydrogen-bond acceptors (Lipinski definition) is 5. The molecule has 0 aromatic carbocycles. The number of esters is 1. The zero-order valence-electron chi connectivity index (χ0n) is 36.8. The van der Waals surface area contributed by atoms with Crippen LogP contribution < -0.4 is 5.32 Å². The minimum absolute atomic E-state index is 0.0272. The molecule has 0 aliphatic heterocycles. The van der Waals surface area contributed by atoms with Crippen molar-refractivity contribution in [1.29, 1.82) is 0 Å². The van der Waals surface area contributed by atoms with Crippen LogP contribution in [0.4, 0.5) is 0 Å². The summed E-state index contributed by atoms with van der Waals surface area (Å²) in [7, 11) is 0. The molecule has 2 unspecified atom stereocenters. The van der Waals surface area contributed by atoms with Crippen molar-refractivity contribution in [2.45, 2.75) is 244 Å². The standard InChI is InChI=1S/C50H91NO5/c1-3-5-7-9-11-13-14-20-24-28-32-36-40-44-50(55)56-45-41-37-33-29-25-22-19-17-15-16-18-21-23-27-31-35-39-43-49(54)51-47(46-52)48(53)42-38-34-30-26-12-10-8-6-4-2/h13-15,17,22,25,38,42,47-48,52-53H,3-12,16,18-21,23-24,26-37,39-41,43-46H2,1-2H3,(H,51,54)/b14-13-,17-15-,25-22-,42-38+. The van der Waals surface area contributed by atoms with Crippen molar-refractivity contribution in [3.63, 3.8) is 0 Å². The van der Waals surface area contributed by atoms with Crippen LogP contribution in [-0.2, 0) is 14.3 Å². The largest absolute Gasteiger partial charge is 0.466 e. The average Bonchev–Trinajstić information content (AvgIpc) is 3.20. The SMILES string of the molecule is CCCCCC/C=C\CCCCCCCC(=O)OCCCCC/C=C\C/C=C\CCCCCCCCCC(=O)NC(CO)C(O)/C=C/CCCCCCCCC. The highest BCUT2D eigenvalue weighted by Crippen LogP contribution is 2.13. The summed E-state index contributed by atoms with van der Waals surface area (Å²) in [5, 5.41) is 22.9. The monoisotopic (exact) mass is 786 g/mol. The first-order valence-corrected chi connectivity index (χ1v) is 23.9. The molecular formula is C50H91NO5. The van der Waals surface area contributed by atoms with Gasteiger partial charge in [0.15, 0.2) is 0 Å². The van der Waals surface area contributed by atoms with Gasteiger partial charge in [0.1, 0.15) is 0 Å². The number of allylic oxidation sites excluding steroid dienone is 7. The fourth-order valence-corrected chi connectivity index (χ4v) is 6.83. The third-order valence-electron chi connectivity index (χ3n) is 10.6. The molecule has 0 aromatic rings. The van der Waals surface area contributed by atoms with Crippen molar-refractivity contribution < 1.29 is 24.5 Å². The van der Waals surface area contributed by atoms with Gasteiger partial charge in [-0.15, -0.1) is 0 Å². The van der Waals surface area contributed by atoms with Crippen LogP contribution in [-0.4, -0.2) is 47.4 Å². The Morgan fingerprint density at radius 1 is 0.500 bits per heavy atom. The molecule has 0 bridgehead atoms. The van der Waals surface area contributed by atoms with Crippen molar-refractivity contribution >= 4 is 11.9 Å². The number of hydrogen-bond donors (Lipinski definition) is 3. The fraction of sp³-hybridized carbons (Fsp3) is 0.800. The zero-order chi connectivity index (χ0) is 40.8. The topological polar surface area (TPSA) is 95.9 Å². The van der Waals surface area contributed by atoms with E-state index in [1.807, 2.05) is 6.08 Å². The second-order valence-corrected chi connectivity index (χ2v) is 16.1. The summed E-state index contributed by atoms with van der Waals surface area (Å²) in [6, 6.07) is -0.638. The second-order valence-electron chi connectivity index (χ2n) is 16.1. The molecule has 0 aliphatic carbocycles. The van der Waals surface area contributed by atoms with E-state index in [4.69, 9.17) is 4.74 Å². The lowest BCUT2D eigenvalue weighted by Gasteiger charge is -2.20. The molecule has 0 heterocycles. The van der Waals surface area contributed by atoms with E-state index in [2.05, 4.69) is 55.6 Å². The lowest BCUT2D eigenvalue weighted by atomic mass is 10.1. The first-order chi connectivity index (χ1) is 27.5. The van der Waals surface area contributed by atoms with Crippen LogP contribution in [0.15, 0.2) is 48.6 Å². The summed E-state index contributed by atoms with van der Waals surface area (Å²) in [6.07, 6.45) is 55.4. The van der Waals surface area contributed by atoms with Gasteiger partial charge in [-0.1, -0.05) is 172 Å². The number of amides is 1. The molecule has 1 amide bonds. The van der Waals surface area contributed by atoms with E-state index < -0.39 is 12.1 Å². The lowest BCUT2D eigenvalue weighted by Crippen LogP contribution is -2.45. The van der Waals surface area contributed by atoms with Crippen LogP contribution in [0.2, 0.25) is 0 Å². The Labute approximate surface area is 346 Å². The number of ether oxygens (including phenoxy) is 1. The van der Waals surface area contributed by atoms with Crippen molar-refractivity contribution in [2.24, 2.45) is 0 Å². The summed E-state index contributed by atoms with van der Waals surface area (Å²) >= 11 is 0. The van der Waals surface area contributed by atoms with E-state index in [1.165, 1.54) is 122 Å². The maximum atomic E-state index is 12.3. The van der Waals surface area contributed by atoms with E-state index in [9.17, 15) is 19.8 Å². The maximum Gasteiger partial charge on any atom is 0.305 e. The molecule has 0 spiro atoms. The molecule has 326 valence electrons. The summed E-state index contributed by atoms with van der Waals surface area (Å²) in [4.78, 5) is 24.3. The minimum atomic E-state index is -0.853. The molecule has 56 heavy (non-hydrogen) atoms. The van der Waals surface area contributed by atoms with Crippen LogP contribution in [0, 0.1) is 0 Å². The second kappa shape index (κ2) is 45.5. The Kier molecular flexibility index (Phi) is 43.7. The Balaban J connectivity index is 3.53. The third kappa shape index (κ3) is 41.5. The van der Waals surface area contributed by atoms with E-state index in [0.29, 0.717) is 19.4 Å². The van der Waals surface area contributed by atoms with Crippen LogP contribution in [0.1, 0.15) is 232 Å². The molecule has 0 aromatic heterocycles. The number of carbonyl (C=O) groups excluding carboxylic acids is 2. The smallest absolute Gasteiger partial charge is 0.305 e. The Morgan fingerprint density at radius 3 is 1.39 bits per heavy atom. The predicted octanol–water partition coefficient (Wildman–Crippen LogP) is 13.9. The first-order valence-electron chi connectivity index (χ1n) is 23.9. The summed E-state index contributed by atoms with van der Waals surface area (Å²) in [6.45, 7) is 4.79.